The number of nitrogens with zero attached hydrogens (tertiary/aromatic N) is 4. The molecule has 0 amide bonds. The van der Waals surface area contributed by atoms with Crippen molar-refractivity contribution < 1.29 is 0 Å². The first-order valence-electron chi connectivity index (χ1n) is 7.12. The fraction of sp³-hybridized carbons (Fsp3) is 0.714. The van der Waals surface area contributed by atoms with Gasteiger partial charge in [0.1, 0.15) is 17.5 Å². The van der Waals surface area contributed by atoms with Crippen LogP contribution in [0.5, 0.6) is 0 Å². The molecule has 1 aliphatic heterocycles. The van der Waals surface area contributed by atoms with Gasteiger partial charge in [-0.15, -0.1) is 0 Å². The second kappa shape index (κ2) is 5.54. The number of hydrogen-bond acceptors (Lipinski definition) is 6. The third kappa shape index (κ3) is 3.19. The number of nitrogen functional groups attached to an aromatic ring is 1. The van der Waals surface area contributed by atoms with E-state index in [1.807, 2.05) is 6.07 Å². The van der Waals surface area contributed by atoms with E-state index < -0.39 is 0 Å². The summed E-state index contributed by atoms with van der Waals surface area (Å²) in [4.78, 5) is 13.9. The molecule has 3 N–H and O–H groups in total. The van der Waals surface area contributed by atoms with E-state index in [4.69, 9.17) is 10.8 Å². The molecule has 112 valence electrons. The number of anilines is 2. The molecule has 0 aromatic carbocycles. The Hall–Kier alpha value is -1.40. The Morgan fingerprint density at radius 3 is 2.55 bits per heavy atom. The van der Waals surface area contributed by atoms with E-state index in [2.05, 4.69) is 55.0 Å². The maximum Gasteiger partial charge on any atom is 0.145 e. The molecule has 0 bridgehead atoms. The van der Waals surface area contributed by atoms with Crippen LogP contribution in [0.1, 0.15) is 33.5 Å². The highest BCUT2D eigenvalue weighted by molar-refractivity contribution is 5.50. The smallest absolute Gasteiger partial charge is 0.145 e. The Balaban J connectivity index is 2.36. The van der Waals surface area contributed by atoms with Crippen LogP contribution >= 0.6 is 0 Å². The van der Waals surface area contributed by atoms with Gasteiger partial charge in [0, 0.05) is 37.2 Å². The van der Waals surface area contributed by atoms with Gasteiger partial charge in [0.25, 0.3) is 0 Å². The van der Waals surface area contributed by atoms with Crippen molar-refractivity contribution in [3.63, 3.8) is 0 Å². The van der Waals surface area contributed by atoms with Crippen LogP contribution < -0.4 is 16.2 Å². The predicted octanol–water partition coefficient (Wildman–Crippen LogP) is 1.20. The minimum atomic E-state index is -0.0998. The zero-order chi connectivity index (χ0) is 14.9. The molecule has 1 unspecified atom stereocenters. The monoisotopic (exact) mass is 278 g/mol. The van der Waals surface area contributed by atoms with Crippen LogP contribution in [0.25, 0.3) is 0 Å². The summed E-state index contributed by atoms with van der Waals surface area (Å²) in [7, 11) is 2.15. The number of rotatable bonds is 2. The van der Waals surface area contributed by atoms with Crippen LogP contribution in [0, 0.1) is 0 Å². The lowest BCUT2D eigenvalue weighted by Gasteiger charge is -2.39. The zero-order valence-electron chi connectivity index (χ0n) is 13.1. The minimum Gasteiger partial charge on any atom is -0.351 e. The van der Waals surface area contributed by atoms with E-state index in [0.717, 1.165) is 31.3 Å². The molecule has 6 nitrogen and oxygen atoms in total. The van der Waals surface area contributed by atoms with Crippen molar-refractivity contribution in [1.82, 2.24) is 14.9 Å². The molecule has 1 aromatic heterocycles. The van der Waals surface area contributed by atoms with E-state index in [1.165, 1.54) is 0 Å². The largest absolute Gasteiger partial charge is 0.351 e. The fourth-order valence-corrected chi connectivity index (χ4v) is 2.47. The van der Waals surface area contributed by atoms with Crippen molar-refractivity contribution in [2.45, 2.75) is 39.2 Å². The van der Waals surface area contributed by atoms with Crippen LogP contribution in [-0.2, 0) is 5.41 Å². The van der Waals surface area contributed by atoms with Crippen LogP contribution in [0.15, 0.2) is 6.07 Å². The Kier molecular flexibility index (Phi) is 4.15. The molecule has 1 atom stereocenters. The molecule has 2 rings (SSSR count). The number of likely N-dealkylation sites (N-methyl/N-ethyl adjacent to an activating group) is 1. The maximum atomic E-state index is 5.55. The standard InChI is InChI=1S/C14H26N6/c1-10-9-19(5)6-7-20(10)12-8-11(18-15)16-13(17-12)14(2,3)4/h8,10H,6-7,9,15H2,1-5H3,(H,16,17,18). The Morgan fingerprint density at radius 1 is 1.30 bits per heavy atom. The number of piperazine rings is 1. The van der Waals surface area contributed by atoms with Crippen LogP contribution in [0.2, 0.25) is 0 Å². The van der Waals surface area contributed by atoms with Crippen LogP contribution in [0.4, 0.5) is 11.6 Å². The van der Waals surface area contributed by atoms with Gasteiger partial charge in [0.2, 0.25) is 0 Å². The fourth-order valence-electron chi connectivity index (χ4n) is 2.47. The number of nitrogens with one attached hydrogen (secondary N) is 1. The lowest BCUT2D eigenvalue weighted by Crippen LogP contribution is -2.51. The molecule has 2 heterocycles. The molecule has 0 spiro atoms. The molecule has 0 aliphatic carbocycles. The zero-order valence-corrected chi connectivity index (χ0v) is 13.1. The molecule has 6 heteroatoms. The topological polar surface area (TPSA) is 70.3 Å². The second-order valence-electron chi connectivity index (χ2n) is 6.63. The molecule has 1 fully saturated rings. The number of nitrogens with two attached hydrogens (primary N) is 1. The Morgan fingerprint density at radius 2 is 2.00 bits per heavy atom. The molecule has 1 aromatic rings. The summed E-state index contributed by atoms with van der Waals surface area (Å²) in [6.07, 6.45) is 0. The van der Waals surface area contributed by atoms with Gasteiger partial charge >= 0.3 is 0 Å². The lowest BCUT2D eigenvalue weighted by atomic mass is 9.95. The molecule has 0 radical (unpaired) electrons. The molecule has 1 aliphatic rings. The van der Waals surface area contributed by atoms with Gasteiger partial charge in [-0.1, -0.05) is 20.8 Å². The predicted molar refractivity (Wildman–Crippen MR) is 82.8 cm³/mol. The van der Waals surface area contributed by atoms with Crippen molar-refractivity contribution in [2.24, 2.45) is 5.84 Å². The van der Waals surface area contributed by atoms with Crippen LogP contribution in [-0.4, -0.2) is 47.6 Å². The first-order valence-corrected chi connectivity index (χ1v) is 7.12. The van der Waals surface area contributed by atoms with Crippen molar-refractivity contribution >= 4 is 11.6 Å². The molecule has 20 heavy (non-hydrogen) atoms. The van der Waals surface area contributed by atoms with Gasteiger partial charge in [-0.25, -0.2) is 15.8 Å². The van der Waals surface area contributed by atoms with E-state index >= 15 is 0 Å². The average Bonchev–Trinajstić information content (AvgIpc) is 2.37. The van der Waals surface area contributed by atoms with E-state index in [9.17, 15) is 0 Å². The third-order valence-electron chi connectivity index (χ3n) is 3.66. The maximum absolute atomic E-state index is 5.55. The Labute approximate surface area is 121 Å². The second-order valence-corrected chi connectivity index (χ2v) is 6.63. The summed E-state index contributed by atoms with van der Waals surface area (Å²) >= 11 is 0. The van der Waals surface area contributed by atoms with Gasteiger partial charge < -0.3 is 15.2 Å². The molecular weight excluding hydrogens is 252 g/mol. The highest BCUT2D eigenvalue weighted by atomic mass is 15.3. The van der Waals surface area contributed by atoms with E-state index in [0.29, 0.717) is 11.9 Å². The van der Waals surface area contributed by atoms with E-state index in [1.54, 1.807) is 0 Å². The third-order valence-corrected chi connectivity index (χ3v) is 3.66. The highest BCUT2D eigenvalue weighted by Crippen LogP contribution is 2.25. The minimum absolute atomic E-state index is 0.0998. The number of hydrazine groups is 1. The first-order chi connectivity index (χ1) is 9.31. The highest BCUT2D eigenvalue weighted by Gasteiger charge is 2.25. The molecule has 0 saturated carbocycles. The number of aromatic nitrogens is 2. The molecular formula is C14H26N6. The summed E-state index contributed by atoms with van der Waals surface area (Å²) in [5.74, 6) is 7.99. The van der Waals surface area contributed by atoms with Gasteiger partial charge in [-0.3, -0.25) is 0 Å². The van der Waals surface area contributed by atoms with Gasteiger partial charge in [-0.2, -0.15) is 0 Å². The van der Waals surface area contributed by atoms with E-state index in [-0.39, 0.29) is 5.41 Å². The SMILES string of the molecule is CC1CN(C)CCN1c1cc(NN)nc(C(C)(C)C)n1. The van der Waals surface area contributed by atoms with Crippen molar-refractivity contribution in [2.75, 3.05) is 37.0 Å². The quantitative estimate of drug-likeness (QED) is 0.626. The normalized spacial score (nSPS) is 21.1. The van der Waals surface area contributed by atoms with Crippen molar-refractivity contribution in [3.05, 3.63) is 11.9 Å². The van der Waals surface area contributed by atoms with Gasteiger partial charge in [0.05, 0.1) is 0 Å². The summed E-state index contributed by atoms with van der Waals surface area (Å²) in [5.41, 5.74) is 2.55. The van der Waals surface area contributed by atoms with Crippen molar-refractivity contribution in [1.29, 1.82) is 0 Å². The lowest BCUT2D eigenvalue weighted by molar-refractivity contribution is 0.274. The summed E-state index contributed by atoms with van der Waals surface area (Å²) in [6, 6.07) is 2.36. The summed E-state index contributed by atoms with van der Waals surface area (Å²) < 4.78 is 0. The Bertz CT molecular complexity index is 467. The van der Waals surface area contributed by atoms with Crippen molar-refractivity contribution in [3.8, 4) is 0 Å². The van der Waals surface area contributed by atoms with Gasteiger partial charge in [0.15, 0.2) is 0 Å². The average molecular weight is 278 g/mol. The molecule has 1 saturated heterocycles. The van der Waals surface area contributed by atoms with Crippen LogP contribution in [0.3, 0.4) is 0 Å². The first kappa shape index (κ1) is 15.0. The summed E-state index contributed by atoms with van der Waals surface area (Å²) in [5, 5.41) is 0. The number of hydrogen-bond donors (Lipinski definition) is 2. The van der Waals surface area contributed by atoms with Gasteiger partial charge in [-0.05, 0) is 14.0 Å². The summed E-state index contributed by atoms with van der Waals surface area (Å²) in [6.45, 7) is 11.6.